The van der Waals surface area contributed by atoms with Gasteiger partial charge in [-0.05, 0) is 46.7 Å². The Labute approximate surface area is 154 Å². The van der Waals surface area contributed by atoms with E-state index in [4.69, 9.17) is 4.74 Å². The Balaban J connectivity index is 1.65. The van der Waals surface area contributed by atoms with Crippen molar-refractivity contribution < 1.29 is 9.53 Å². The van der Waals surface area contributed by atoms with Crippen LogP contribution < -0.4 is 4.74 Å². The second kappa shape index (κ2) is 6.69. The Kier molecular flexibility index (Phi) is 4.24. The zero-order valence-corrected chi connectivity index (χ0v) is 15.0. The molecule has 1 aliphatic heterocycles. The van der Waals surface area contributed by atoms with Gasteiger partial charge in [0.1, 0.15) is 12.4 Å². The fourth-order valence-electron chi connectivity index (χ4n) is 2.96. The molecule has 3 aromatic carbocycles. The van der Waals surface area contributed by atoms with E-state index in [0.717, 1.165) is 26.7 Å². The van der Waals surface area contributed by atoms with Gasteiger partial charge in [-0.1, -0.05) is 64.5 Å². The van der Waals surface area contributed by atoms with Gasteiger partial charge < -0.3 is 4.74 Å². The minimum Gasteiger partial charge on any atom is -0.488 e. The number of fused-ring (bicyclic) bond motifs is 3. The molecule has 0 amide bonds. The summed E-state index contributed by atoms with van der Waals surface area (Å²) >= 11 is 3.39. The van der Waals surface area contributed by atoms with Gasteiger partial charge in [-0.15, -0.1) is 0 Å². The van der Waals surface area contributed by atoms with Crippen molar-refractivity contribution in [3.63, 3.8) is 0 Å². The van der Waals surface area contributed by atoms with E-state index in [1.807, 2.05) is 48.5 Å². The van der Waals surface area contributed by atoms with Crippen LogP contribution in [0.25, 0.3) is 16.8 Å². The van der Waals surface area contributed by atoms with Gasteiger partial charge in [-0.2, -0.15) is 0 Å². The molecule has 0 fully saturated rings. The van der Waals surface area contributed by atoms with E-state index in [2.05, 4.69) is 40.2 Å². The van der Waals surface area contributed by atoms with Gasteiger partial charge >= 0.3 is 0 Å². The Morgan fingerprint density at radius 3 is 2.80 bits per heavy atom. The van der Waals surface area contributed by atoms with Crippen LogP contribution in [-0.2, 0) is 0 Å². The molecule has 0 unspecified atom stereocenters. The number of ether oxygens (including phenoxy) is 1. The molecule has 1 aliphatic rings. The van der Waals surface area contributed by atoms with Crippen molar-refractivity contribution in [2.45, 2.75) is 0 Å². The molecule has 0 saturated heterocycles. The lowest BCUT2D eigenvalue weighted by Gasteiger charge is -2.18. The molecule has 122 valence electrons. The van der Waals surface area contributed by atoms with Crippen molar-refractivity contribution >= 4 is 38.6 Å². The van der Waals surface area contributed by atoms with E-state index >= 15 is 0 Å². The second-order valence-corrected chi connectivity index (χ2v) is 6.83. The summed E-state index contributed by atoms with van der Waals surface area (Å²) in [5.74, 6) is 0.861. The quantitative estimate of drug-likeness (QED) is 0.416. The lowest BCUT2D eigenvalue weighted by Crippen LogP contribution is -2.06. The van der Waals surface area contributed by atoms with Gasteiger partial charge in [0.2, 0.25) is 0 Å². The number of hydrogen-bond acceptors (Lipinski definition) is 2. The first-order valence-corrected chi connectivity index (χ1v) is 8.83. The second-order valence-electron chi connectivity index (χ2n) is 5.91. The van der Waals surface area contributed by atoms with Gasteiger partial charge in [0.15, 0.2) is 5.78 Å². The number of ketones is 1. The molecule has 1 heterocycles. The molecular formula is C22H15BrO2. The number of hydrogen-bond donors (Lipinski definition) is 0. The molecule has 3 heteroatoms. The number of carbonyl (C=O) groups excluding carboxylic acids is 1. The summed E-state index contributed by atoms with van der Waals surface area (Å²) in [5, 5.41) is 2.33. The molecule has 0 saturated carbocycles. The van der Waals surface area contributed by atoms with Crippen LogP contribution in [0.4, 0.5) is 0 Å². The maximum absolute atomic E-state index is 12.3. The van der Waals surface area contributed by atoms with Crippen LogP contribution in [0.1, 0.15) is 15.9 Å². The number of carbonyl (C=O) groups is 1. The molecule has 0 aliphatic carbocycles. The molecule has 0 aromatic heterocycles. The molecule has 3 aromatic rings. The summed E-state index contributed by atoms with van der Waals surface area (Å²) in [5.41, 5.74) is 2.71. The third-order valence-corrected chi connectivity index (χ3v) is 4.71. The summed E-state index contributed by atoms with van der Waals surface area (Å²) in [7, 11) is 0. The van der Waals surface area contributed by atoms with Crippen LogP contribution in [-0.4, -0.2) is 12.4 Å². The van der Waals surface area contributed by atoms with Crippen molar-refractivity contribution in [2.24, 2.45) is 0 Å². The molecular weight excluding hydrogens is 376 g/mol. The molecule has 25 heavy (non-hydrogen) atoms. The first-order valence-electron chi connectivity index (χ1n) is 8.04. The summed E-state index contributed by atoms with van der Waals surface area (Å²) in [6.07, 6.45) is 5.55. The molecule has 0 atom stereocenters. The van der Waals surface area contributed by atoms with Crippen LogP contribution >= 0.6 is 15.9 Å². The lowest BCUT2D eigenvalue weighted by molar-refractivity contribution is 0.104. The average Bonchev–Trinajstić information content (AvgIpc) is 2.66. The van der Waals surface area contributed by atoms with Crippen LogP contribution in [0.15, 0.2) is 82.9 Å². The average molecular weight is 391 g/mol. The van der Waals surface area contributed by atoms with Crippen LogP contribution in [0.2, 0.25) is 0 Å². The van der Waals surface area contributed by atoms with Crippen molar-refractivity contribution in [3.05, 3.63) is 94.0 Å². The maximum Gasteiger partial charge on any atom is 0.185 e. The van der Waals surface area contributed by atoms with Gasteiger partial charge in [0.25, 0.3) is 0 Å². The Morgan fingerprint density at radius 2 is 1.92 bits per heavy atom. The van der Waals surface area contributed by atoms with E-state index in [-0.39, 0.29) is 5.78 Å². The zero-order valence-electron chi connectivity index (χ0n) is 13.4. The monoisotopic (exact) mass is 390 g/mol. The smallest absolute Gasteiger partial charge is 0.185 e. The third-order valence-electron chi connectivity index (χ3n) is 4.21. The number of benzene rings is 3. The summed E-state index contributed by atoms with van der Waals surface area (Å²) < 4.78 is 6.76. The molecule has 4 rings (SSSR count). The SMILES string of the molecule is O=C(/C=C/C1=Cc2c(ccc3ccccc23)OC1)c1cccc(Br)c1. The predicted octanol–water partition coefficient (Wildman–Crippen LogP) is 5.82. The van der Waals surface area contributed by atoms with Crippen LogP contribution in [0.3, 0.4) is 0 Å². The fourth-order valence-corrected chi connectivity index (χ4v) is 3.35. The van der Waals surface area contributed by atoms with Gasteiger partial charge in [-0.3, -0.25) is 4.79 Å². The first-order chi connectivity index (χ1) is 12.2. The molecule has 2 nitrogen and oxygen atoms in total. The Hall–Kier alpha value is -2.65. The minimum absolute atomic E-state index is 0.0223. The lowest BCUT2D eigenvalue weighted by atomic mass is 9.99. The van der Waals surface area contributed by atoms with Crippen molar-refractivity contribution in [1.29, 1.82) is 0 Å². The van der Waals surface area contributed by atoms with E-state index in [1.165, 1.54) is 5.39 Å². The summed E-state index contributed by atoms with van der Waals surface area (Å²) in [6.45, 7) is 0.466. The fraction of sp³-hybridized carbons (Fsp3) is 0.0455. The standard InChI is InChI=1S/C22H15BrO2/c23-18-6-3-5-17(13-18)21(24)10-8-15-12-20-19-7-2-1-4-16(19)9-11-22(20)25-14-15/h1-13H,14H2/b10-8+. The van der Waals surface area contributed by atoms with Crippen LogP contribution in [0, 0.1) is 0 Å². The minimum atomic E-state index is -0.0223. The highest BCUT2D eigenvalue weighted by molar-refractivity contribution is 9.10. The highest BCUT2D eigenvalue weighted by Crippen LogP contribution is 2.33. The van der Waals surface area contributed by atoms with Crippen molar-refractivity contribution in [1.82, 2.24) is 0 Å². The number of rotatable bonds is 3. The molecule has 0 spiro atoms. The van der Waals surface area contributed by atoms with E-state index < -0.39 is 0 Å². The van der Waals surface area contributed by atoms with Gasteiger partial charge in [-0.25, -0.2) is 0 Å². The predicted molar refractivity (Wildman–Crippen MR) is 105 cm³/mol. The summed E-state index contributed by atoms with van der Waals surface area (Å²) in [6, 6.07) is 19.7. The first kappa shape index (κ1) is 15.9. The molecule has 0 radical (unpaired) electrons. The highest BCUT2D eigenvalue weighted by Gasteiger charge is 2.13. The Bertz CT molecular complexity index is 1030. The topological polar surface area (TPSA) is 26.3 Å². The highest BCUT2D eigenvalue weighted by atomic mass is 79.9. The zero-order chi connectivity index (χ0) is 17.2. The molecule has 0 N–H and O–H groups in total. The van der Waals surface area contributed by atoms with Crippen LogP contribution in [0.5, 0.6) is 5.75 Å². The van der Waals surface area contributed by atoms with E-state index in [9.17, 15) is 4.79 Å². The molecule has 0 bridgehead atoms. The van der Waals surface area contributed by atoms with Crippen molar-refractivity contribution in [3.8, 4) is 5.75 Å². The van der Waals surface area contributed by atoms with Crippen molar-refractivity contribution in [2.75, 3.05) is 6.61 Å². The van der Waals surface area contributed by atoms with Gasteiger partial charge in [0, 0.05) is 15.6 Å². The Morgan fingerprint density at radius 1 is 1.04 bits per heavy atom. The van der Waals surface area contributed by atoms with Gasteiger partial charge in [0.05, 0.1) is 0 Å². The number of allylic oxidation sites excluding steroid dienone is 1. The van der Waals surface area contributed by atoms with E-state index in [1.54, 1.807) is 6.08 Å². The largest absolute Gasteiger partial charge is 0.488 e. The summed E-state index contributed by atoms with van der Waals surface area (Å²) in [4.78, 5) is 12.3. The third kappa shape index (κ3) is 3.28. The normalized spacial score (nSPS) is 13.4. The number of halogens is 1. The van der Waals surface area contributed by atoms with E-state index in [0.29, 0.717) is 12.2 Å². The maximum atomic E-state index is 12.3.